The molecule has 0 fully saturated rings. The topological polar surface area (TPSA) is 43.6 Å². The summed E-state index contributed by atoms with van der Waals surface area (Å²) in [5.74, 6) is 0.712. The van der Waals surface area contributed by atoms with Gasteiger partial charge >= 0.3 is 6.18 Å². The molecule has 118 valence electrons. The first-order valence-corrected chi connectivity index (χ1v) is 7.63. The second-order valence-corrected chi connectivity index (χ2v) is 5.67. The molecule has 0 saturated heterocycles. The SMILES string of the molecule is FC(F)(F)c1cc(-n2cc(SCc3ccccc3)nn2)ccn1. The van der Waals surface area contributed by atoms with E-state index in [1.165, 1.54) is 22.5 Å². The summed E-state index contributed by atoms with van der Waals surface area (Å²) in [5, 5.41) is 8.48. The molecule has 0 aliphatic heterocycles. The van der Waals surface area contributed by atoms with Gasteiger partial charge in [0.05, 0.1) is 11.9 Å². The van der Waals surface area contributed by atoms with Gasteiger partial charge in [0.25, 0.3) is 0 Å². The van der Waals surface area contributed by atoms with Crippen molar-refractivity contribution in [3.8, 4) is 5.69 Å². The zero-order valence-corrected chi connectivity index (χ0v) is 12.6. The lowest BCUT2D eigenvalue weighted by atomic mass is 10.2. The maximum atomic E-state index is 12.7. The molecule has 23 heavy (non-hydrogen) atoms. The standard InChI is InChI=1S/C15H11F3N4S/c16-15(17,18)13-8-12(6-7-19-13)22-9-14(20-21-22)23-10-11-4-2-1-3-5-11/h1-9H,10H2. The molecule has 3 rings (SSSR count). The van der Waals surface area contributed by atoms with Crippen molar-refractivity contribution in [2.75, 3.05) is 0 Å². The average molecular weight is 336 g/mol. The predicted octanol–water partition coefficient (Wildman–Crippen LogP) is 3.97. The van der Waals surface area contributed by atoms with E-state index in [0.29, 0.717) is 10.8 Å². The number of thioether (sulfide) groups is 1. The minimum Gasteiger partial charge on any atom is -0.252 e. The molecule has 0 amide bonds. The molecule has 0 radical (unpaired) electrons. The van der Waals surface area contributed by atoms with Crippen molar-refractivity contribution in [3.05, 3.63) is 66.1 Å². The number of benzene rings is 1. The molecule has 0 unspecified atom stereocenters. The molecule has 2 aromatic heterocycles. The number of hydrogen-bond acceptors (Lipinski definition) is 4. The number of alkyl halides is 3. The largest absolute Gasteiger partial charge is 0.433 e. The minimum atomic E-state index is -4.48. The van der Waals surface area contributed by atoms with Crippen LogP contribution in [0.5, 0.6) is 0 Å². The molecule has 0 aliphatic rings. The van der Waals surface area contributed by atoms with Gasteiger partial charge in [-0.2, -0.15) is 13.2 Å². The molecule has 0 N–H and O–H groups in total. The maximum absolute atomic E-state index is 12.7. The normalized spacial score (nSPS) is 11.6. The monoisotopic (exact) mass is 336 g/mol. The van der Waals surface area contributed by atoms with Crippen LogP contribution in [-0.4, -0.2) is 20.0 Å². The van der Waals surface area contributed by atoms with Gasteiger partial charge in [0.1, 0.15) is 10.7 Å². The van der Waals surface area contributed by atoms with Crippen molar-refractivity contribution in [3.63, 3.8) is 0 Å². The zero-order chi connectivity index (χ0) is 16.3. The van der Waals surface area contributed by atoms with Crippen LogP contribution in [0.1, 0.15) is 11.3 Å². The highest BCUT2D eigenvalue weighted by atomic mass is 32.2. The van der Waals surface area contributed by atoms with Crippen molar-refractivity contribution in [1.29, 1.82) is 0 Å². The lowest BCUT2D eigenvalue weighted by molar-refractivity contribution is -0.141. The molecule has 0 spiro atoms. The van der Waals surface area contributed by atoms with E-state index in [9.17, 15) is 13.2 Å². The fraction of sp³-hybridized carbons (Fsp3) is 0.133. The van der Waals surface area contributed by atoms with Crippen molar-refractivity contribution in [1.82, 2.24) is 20.0 Å². The molecule has 0 bridgehead atoms. The fourth-order valence-corrected chi connectivity index (χ4v) is 2.66. The second-order valence-electron chi connectivity index (χ2n) is 4.67. The zero-order valence-electron chi connectivity index (χ0n) is 11.7. The van der Waals surface area contributed by atoms with Crippen molar-refractivity contribution >= 4 is 11.8 Å². The van der Waals surface area contributed by atoms with Crippen LogP contribution in [0, 0.1) is 0 Å². The molecule has 4 nitrogen and oxygen atoms in total. The number of rotatable bonds is 4. The molecular formula is C15H11F3N4S. The molecule has 0 saturated carbocycles. The Morgan fingerprint density at radius 1 is 1.09 bits per heavy atom. The first-order valence-electron chi connectivity index (χ1n) is 6.65. The predicted molar refractivity (Wildman–Crippen MR) is 80.2 cm³/mol. The first-order chi connectivity index (χ1) is 11.0. The third-order valence-corrected chi connectivity index (χ3v) is 3.96. The van der Waals surface area contributed by atoms with Crippen LogP contribution in [0.25, 0.3) is 5.69 Å². The Labute approximate surface area is 134 Å². The summed E-state index contributed by atoms with van der Waals surface area (Å²) in [7, 11) is 0. The molecule has 0 atom stereocenters. The van der Waals surface area contributed by atoms with Crippen LogP contribution in [0.2, 0.25) is 0 Å². The Morgan fingerprint density at radius 3 is 2.61 bits per heavy atom. The highest BCUT2D eigenvalue weighted by Gasteiger charge is 2.32. The van der Waals surface area contributed by atoms with Gasteiger partial charge in [-0.1, -0.05) is 47.3 Å². The third-order valence-electron chi connectivity index (χ3n) is 3.00. The van der Waals surface area contributed by atoms with E-state index in [-0.39, 0.29) is 5.69 Å². The van der Waals surface area contributed by atoms with Gasteiger partial charge in [0, 0.05) is 11.9 Å². The van der Waals surface area contributed by atoms with Gasteiger partial charge in [0.2, 0.25) is 0 Å². The van der Waals surface area contributed by atoms with Crippen LogP contribution in [0.4, 0.5) is 13.2 Å². The second kappa shape index (κ2) is 6.41. The Bertz CT molecular complexity index is 787. The maximum Gasteiger partial charge on any atom is 0.433 e. The smallest absolute Gasteiger partial charge is 0.252 e. The summed E-state index contributed by atoms with van der Waals surface area (Å²) in [6.07, 6.45) is -1.78. The minimum absolute atomic E-state index is 0.270. The fourth-order valence-electron chi connectivity index (χ4n) is 1.89. The summed E-state index contributed by atoms with van der Waals surface area (Å²) in [6.45, 7) is 0. The first kappa shape index (κ1) is 15.5. The Hall–Kier alpha value is -2.35. The number of aromatic nitrogens is 4. The Kier molecular flexibility index (Phi) is 4.33. The van der Waals surface area contributed by atoms with Crippen LogP contribution >= 0.6 is 11.8 Å². The van der Waals surface area contributed by atoms with Gasteiger partial charge in [0.15, 0.2) is 0 Å². The van der Waals surface area contributed by atoms with E-state index in [2.05, 4.69) is 15.3 Å². The summed E-state index contributed by atoms with van der Waals surface area (Å²) in [4.78, 5) is 3.33. The quantitative estimate of drug-likeness (QED) is 0.676. The van der Waals surface area contributed by atoms with Gasteiger partial charge in [-0.05, 0) is 17.7 Å². The highest BCUT2D eigenvalue weighted by Crippen LogP contribution is 2.28. The van der Waals surface area contributed by atoms with Crippen molar-refractivity contribution in [2.24, 2.45) is 0 Å². The molecule has 2 heterocycles. The number of halogens is 3. The van der Waals surface area contributed by atoms with Gasteiger partial charge in [-0.3, -0.25) is 4.98 Å². The number of nitrogens with zero attached hydrogens (tertiary/aromatic N) is 4. The van der Waals surface area contributed by atoms with Crippen LogP contribution in [-0.2, 0) is 11.9 Å². The highest BCUT2D eigenvalue weighted by molar-refractivity contribution is 7.98. The molecule has 3 aromatic rings. The van der Waals surface area contributed by atoms with Crippen molar-refractivity contribution in [2.45, 2.75) is 17.0 Å². The number of pyridine rings is 1. The molecule has 8 heteroatoms. The van der Waals surface area contributed by atoms with E-state index in [0.717, 1.165) is 17.8 Å². The van der Waals surface area contributed by atoms with Crippen LogP contribution in [0.15, 0.2) is 59.9 Å². The summed E-state index contributed by atoms with van der Waals surface area (Å²) < 4.78 is 39.4. The third kappa shape index (κ3) is 3.89. The van der Waals surface area contributed by atoms with Crippen molar-refractivity contribution < 1.29 is 13.2 Å². The van der Waals surface area contributed by atoms with Crippen LogP contribution < -0.4 is 0 Å². The van der Waals surface area contributed by atoms with E-state index in [1.54, 1.807) is 6.20 Å². The molecular weight excluding hydrogens is 325 g/mol. The lowest BCUT2D eigenvalue weighted by Gasteiger charge is -2.06. The van der Waals surface area contributed by atoms with E-state index in [1.807, 2.05) is 30.3 Å². The molecule has 0 aliphatic carbocycles. The summed E-state index contributed by atoms with van der Waals surface area (Å²) >= 11 is 1.47. The number of hydrogen-bond donors (Lipinski definition) is 0. The lowest BCUT2D eigenvalue weighted by Crippen LogP contribution is -2.09. The van der Waals surface area contributed by atoms with E-state index in [4.69, 9.17) is 0 Å². The van der Waals surface area contributed by atoms with Gasteiger partial charge in [-0.15, -0.1) is 5.10 Å². The summed E-state index contributed by atoms with van der Waals surface area (Å²) in [5.41, 5.74) is 0.450. The van der Waals surface area contributed by atoms with E-state index >= 15 is 0 Å². The average Bonchev–Trinajstić information content (AvgIpc) is 3.02. The van der Waals surface area contributed by atoms with Gasteiger partial charge in [-0.25, -0.2) is 4.68 Å². The Balaban J connectivity index is 1.74. The Morgan fingerprint density at radius 2 is 1.87 bits per heavy atom. The van der Waals surface area contributed by atoms with Crippen LogP contribution in [0.3, 0.4) is 0 Å². The summed E-state index contributed by atoms with van der Waals surface area (Å²) in [6, 6.07) is 12.2. The van der Waals surface area contributed by atoms with E-state index < -0.39 is 11.9 Å². The molecule has 1 aromatic carbocycles. The van der Waals surface area contributed by atoms with Gasteiger partial charge < -0.3 is 0 Å².